The summed E-state index contributed by atoms with van der Waals surface area (Å²) in [4.78, 5) is 2.82. The van der Waals surface area contributed by atoms with Crippen LogP contribution in [0.15, 0.2) is 0 Å². The Morgan fingerprint density at radius 2 is 1.55 bits per heavy atom. The van der Waals surface area contributed by atoms with Gasteiger partial charge in [-0.15, -0.1) is 0 Å². The SMILES string of the molecule is CCCCCCCN1CC(C)(CC)NCC1(CC)CC. The highest BCUT2D eigenvalue weighted by atomic mass is 15.3. The zero-order valence-electron chi connectivity index (χ0n) is 14.7. The van der Waals surface area contributed by atoms with E-state index in [9.17, 15) is 0 Å². The molecule has 0 aromatic heterocycles. The third kappa shape index (κ3) is 4.46. The minimum atomic E-state index is 0.317. The molecule has 1 heterocycles. The molecule has 2 nitrogen and oxygen atoms in total. The Labute approximate surface area is 127 Å². The van der Waals surface area contributed by atoms with Crippen LogP contribution >= 0.6 is 0 Å². The molecule has 1 atom stereocenters. The van der Waals surface area contributed by atoms with Crippen molar-refractivity contribution >= 4 is 0 Å². The second-order valence-corrected chi connectivity index (χ2v) is 7.03. The molecule has 20 heavy (non-hydrogen) atoms. The maximum Gasteiger partial charge on any atom is 0.0329 e. The van der Waals surface area contributed by atoms with Crippen molar-refractivity contribution in [2.45, 2.75) is 97.1 Å². The molecule has 0 aromatic rings. The van der Waals surface area contributed by atoms with Crippen molar-refractivity contribution < 1.29 is 0 Å². The predicted molar refractivity (Wildman–Crippen MR) is 90.3 cm³/mol. The van der Waals surface area contributed by atoms with Crippen LogP contribution in [0, 0.1) is 0 Å². The fourth-order valence-corrected chi connectivity index (χ4v) is 3.54. The van der Waals surface area contributed by atoms with Crippen molar-refractivity contribution in [2.24, 2.45) is 0 Å². The number of nitrogens with zero attached hydrogens (tertiary/aromatic N) is 1. The largest absolute Gasteiger partial charge is 0.308 e. The number of unbranched alkanes of at least 4 members (excludes halogenated alkanes) is 4. The van der Waals surface area contributed by atoms with Gasteiger partial charge < -0.3 is 5.32 Å². The third-order valence-electron chi connectivity index (χ3n) is 5.68. The lowest BCUT2D eigenvalue weighted by atomic mass is 9.82. The summed E-state index contributed by atoms with van der Waals surface area (Å²) in [6.45, 7) is 15.4. The van der Waals surface area contributed by atoms with Gasteiger partial charge >= 0.3 is 0 Å². The van der Waals surface area contributed by atoms with Crippen LogP contribution < -0.4 is 5.32 Å². The Bertz CT molecular complexity index is 260. The van der Waals surface area contributed by atoms with E-state index in [4.69, 9.17) is 0 Å². The van der Waals surface area contributed by atoms with Crippen molar-refractivity contribution in [2.75, 3.05) is 19.6 Å². The molecule has 0 radical (unpaired) electrons. The van der Waals surface area contributed by atoms with Crippen molar-refractivity contribution in [3.05, 3.63) is 0 Å². The molecule has 120 valence electrons. The first-order valence-corrected chi connectivity index (χ1v) is 9.06. The summed E-state index contributed by atoms with van der Waals surface area (Å²) in [6.07, 6.45) is 10.7. The van der Waals surface area contributed by atoms with Crippen LogP contribution in [0.4, 0.5) is 0 Å². The van der Waals surface area contributed by atoms with Gasteiger partial charge in [-0.1, -0.05) is 53.4 Å². The highest BCUT2D eigenvalue weighted by Gasteiger charge is 2.42. The van der Waals surface area contributed by atoms with E-state index in [1.54, 1.807) is 0 Å². The molecule has 0 bridgehead atoms. The minimum absolute atomic E-state index is 0.317. The molecule has 0 amide bonds. The van der Waals surface area contributed by atoms with E-state index < -0.39 is 0 Å². The molecule has 0 aromatic carbocycles. The first-order chi connectivity index (χ1) is 9.55. The number of hydrogen-bond donors (Lipinski definition) is 1. The quantitative estimate of drug-likeness (QED) is 0.622. The van der Waals surface area contributed by atoms with Gasteiger partial charge in [-0.25, -0.2) is 0 Å². The lowest BCUT2D eigenvalue weighted by Crippen LogP contribution is -2.68. The summed E-state index contributed by atoms with van der Waals surface area (Å²) >= 11 is 0. The first-order valence-electron chi connectivity index (χ1n) is 9.06. The maximum atomic E-state index is 3.84. The monoisotopic (exact) mass is 282 g/mol. The molecule has 1 fully saturated rings. The van der Waals surface area contributed by atoms with Crippen LogP contribution in [0.5, 0.6) is 0 Å². The molecule has 0 saturated carbocycles. The van der Waals surface area contributed by atoms with E-state index in [0.29, 0.717) is 11.1 Å². The summed E-state index contributed by atoms with van der Waals surface area (Å²) in [6, 6.07) is 0. The normalized spacial score (nSPS) is 26.9. The Kier molecular flexibility index (Phi) is 7.53. The highest BCUT2D eigenvalue weighted by molar-refractivity contribution is 5.02. The lowest BCUT2D eigenvalue weighted by molar-refractivity contribution is 0.00126. The molecule has 0 spiro atoms. The maximum absolute atomic E-state index is 3.84. The third-order valence-corrected chi connectivity index (χ3v) is 5.68. The number of piperazine rings is 1. The van der Waals surface area contributed by atoms with Gasteiger partial charge in [-0.05, 0) is 39.2 Å². The van der Waals surface area contributed by atoms with Crippen LogP contribution in [0.3, 0.4) is 0 Å². The zero-order valence-corrected chi connectivity index (χ0v) is 14.7. The lowest BCUT2D eigenvalue weighted by Gasteiger charge is -2.53. The van der Waals surface area contributed by atoms with Crippen molar-refractivity contribution in [3.8, 4) is 0 Å². The topological polar surface area (TPSA) is 15.3 Å². The highest BCUT2D eigenvalue weighted by Crippen LogP contribution is 2.31. The van der Waals surface area contributed by atoms with E-state index in [2.05, 4.69) is 44.8 Å². The summed E-state index contributed by atoms with van der Waals surface area (Å²) in [5, 5.41) is 3.84. The molecule has 1 aliphatic rings. The van der Waals surface area contributed by atoms with Gasteiger partial charge in [0.05, 0.1) is 0 Å². The second-order valence-electron chi connectivity index (χ2n) is 7.03. The summed E-state index contributed by atoms with van der Waals surface area (Å²) in [5.41, 5.74) is 0.719. The summed E-state index contributed by atoms with van der Waals surface area (Å²) in [7, 11) is 0. The van der Waals surface area contributed by atoms with E-state index in [-0.39, 0.29) is 0 Å². The summed E-state index contributed by atoms with van der Waals surface area (Å²) in [5.74, 6) is 0. The van der Waals surface area contributed by atoms with Crippen molar-refractivity contribution in [1.29, 1.82) is 0 Å². The van der Waals surface area contributed by atoms with Crippen molar-refractivity contribution in [1.82, 2.24) is 10.2 Å². The predicted octanol–water partition coefficient (Wildman–Crippen LogP) is 4.59. The Morgan fingerprint density at radius 1 is 0.900 bits per heavy atom. The van der Waals surface area contributed by atoms with Gasteiger partial charge in [0.1, 0.15) is 0 Å². The van der Waals surface area contributed by atoms with Crippen LogP contribution in [0.25, 0.3) is 0 Å². The molecule has 1 rings (SSSR count). The fourth-order valence-electron chi connectivity index (χ4n) is 3.54. The minimum Gasteiger partial charge on any atom is -0.308 e. The standard InChI is InChI=1S/C18H38N2/c1-6-10-11-12-13-14-20-16-17(5,7-2)19-15-18(20,8-3)9-4/h19H,6-16H2,1-5H3. The Hall–Kier alpha value is -0.0800. The Morgan fingerprint density at radius 3 is 2.10 bits per heavy atom. The van der Waals surface area contributed by atoms with Gasteiger partial charge in [-0.3, -0.25) is 4.90 Å². The average molecular weight is 283 g/mol. The number of rotatable bonds is 9. The molecule has 1 N–H and O–H groups in total. The van der Waals surface area contributed by atoms with E-state index in [1.165, 1.54) is 71.0 Å². The van der Waals surface area contributed by atoms with Crippen LogP contribution in [-0.4, -0.2) is 35.6 Å². The molecule has 0 aliphatic carbocycles. The molecule has 1 unspecified atom stereocenters. The van der Waals surface area contributed by atoms with Gasteiger partial charge in [0.25, 0.3) is 0 Å². The van der Waals surface area contributed by atoms with Crippen LogP contribution in [0.1, 0.15) is 86.0 Å². The number of hydrogen-bond acceptors (Lipinski definition) is 2. The molecule has 2 heteroatoms. The fraction of sp³-hybridized carbons (Fsp3) is 1.00. The van der Waals surface area contributed by atoms with Gasteiger partial charge in [0, 0.05) is 24.2 Å². The average Bonchev–Trinajstić information content (AvgIpc) is 2.48. The zero-order chi connectivity index (χ0) is 15.1. The second kappa shape index (κ2) is 8.38. The molecular weight excluding hydrogens is 244 g/mol. The van der Waals surface area contributed by atoms with E-state index >= 15 is 0 Å². The van der Waals surface area contributed by atoms with E-state index in [1.807, 2.05) is 0 Å². The van der Waals surface area contributed by atoms with Crippen LogP contribution in [0.2, 0.25) is 0 Å². The summed E-state index contributed by atoms with van der Waals surface area (Å²) < 4.78 is 0. The van der Waals surface area contributed by atoms with Crippen LogP contribution in [-0.2, 0) is 0 Å². The van der Waals surface area contributed by atoms with Gasteiger partial charge in [0.15, 0.2) is 0 Å². The van der Waals surface area contributed by atoms with Crippen molar-refractivity contribution in [3.63, 3.8) is 0 Å². The molecule has 1 saturated heterocycles. The van der Waals surface area contributed by atoms with E-state index in [0.717, 1.165) is 0 Å². The molecular formula is C18H38N2. The number of nitrogens with one attached hydrogen (secondary N) is 1. The smallest absolute Gasteiger partial charge is 0.0329 e. The van der Waals surface area contributed by atoms with Gasteiger partial charge in [-0.2, -0.15) is 0 Å². The van der Waals surface area contributed by atoms with Gasteiger partial charge in [0.2, 0.25) is 0 Å². The molecule has 1 aliphatic heterocycles. The Balaban J connectivity index is 2.58. The first kappa shape index (κ1) is 18.0.